The predicted octanol–water partition coefficient (Wildman–Crippen LogP) is 2.74. The van der Waals surface area contributed by atoms with Crippen molar-refractivity contribution in [1.82, 2.24) is 5.32 Å². The SMILES string of the molecule is CCOC1CC(NC2CCC(OC)C2)C1(C)CC. The molecule has 0 saturated heterocycles. The van der Waals surface area contributed by atoms with Crippen molar-refractivity contribution in [3.8, 4) is 0 Å². The van der Waals surface area contributed by atoms with Gasteiger partial charge in [-0.25, -0.2) is 0 Å². The van der Waals surface area contributed by atoms with E-state index in [-0.39, 0.29) is 0 Å². The molecule has 2 saturated carbocycles. The summed E-state index contributed by atoms with van der Waals surface area (Å²) in [5.41, 5.74) is 0.321. The molecule has 5 atom stereocenters. The third-order valence-corrected chi connectivity index (χ3v) is 5.27. The molecule has 0 aliphatic heterocycles. The van der Waals surface area contributed by atoms with Crippen LogP contribution >= 0.6 is 0 Å². The molecule has 0 radical (unpaired) electrons. The van der Waals surface area contributed by atoms with Crippen molar-refractivity contribution in [2.75, 3.05) is 13.7 Å². The van der Waals surface area contributed by atoms with Gasteiger partial charge >= 0.3 is 0 Å². The molecular formula is C15H29NO2. The number of nitrogens with one attached hydrogen (secondary N) is 1. The van der Waals surface area contributed by atoms with Crippen molar-refractivity contribution in [3.63, 3.8) is 0 Å². The van der Waals surface area contributed by atoms with Gasteiger partial charge in [-0.15, -0.1) is 0 Å². The van der Waals surface area contributed by atoms with Crippen LogP contribution in [0.25, 0.3) is 0 Å². The molecule has 1 N–H and O–H groups in total. The predicted molar refractivity (Wildman–Crippen MR) is 73.8 cm³/mol. The van der Waals surface area contributed by atoms with E-state index in [9.17, 15) is 0 Å². The monoisotopic (exact) mass is 255 g/mol. The van der Waals surface area contributed by atoms with Crippen molar-refractivity contribution >= 4 is 0 Å². The summed E-state index contributed by atoms with van der Waals surface area (Å²) in [6, 6.07) is 1.27. The number of hydrogen-bond donors (Lipinski definition) is 1. The Morgan fingerprint density at radius 3 is 2.56 bits per heavy atom. The van der Waals surface area contributed by atoms with E-state index in [1.165, 1.54) is 32.1 Å². The lowest BCUT2D eigenvalue weighted by Gasteiger charge is -2.54. The van der Waals surface area contributed by atoms with Crippen molar-refractivity contribution in [3.05, 3.63) is 0 Å². The van der Waals surface area contributed by atoms with Gasteiger partial charge in [-0.1, -0.05) is 13.8 Å². The molecule has 2 rings (SSSR count). The van der Waals surface area contributed by atoms with Crippen LogP contribution in [0.3, 0.4) is 0 Å². The zero-order valence-electron chi connectivity index (χ0n) is 12.4. The van der Waals surface area contributed by atoms with E-state index in [1.807, 2.05) is 7.11 Å². The lowest BCUT2D eigenvalue weighted by atomic mass is 9.61. The Morgan fingerprint density at radius 2 is 2.00 bits per heavy atom. The first-order valence-electron chi connectivity index (χ1n) is 7.54. The molecule has 0 spiro atoms. The second-order valence-corrected chi connectivity index (χ2v) is 6.13. The molecule has 2 aliphatic carbocycles. The summed E-state index contributed by atoms with van der Waals surface area (Å²) >= 11 is 0. The van der Waals surface area contributed by atoms with Crippen LogP contribution in [0.1, 0.15) is 52.9 Å². The Kier molecular flexibility index (Phi) is 4.68. The maximum atomic E-state index is 5.86. The Morgan fingerprint density at radius 1 is 1.22 bits per heavy atom. The van der Waals surface area contributed by atoms with E-state index >= 15 is 0 Å². The minimum absolute atomic E-state index is 0.321. The summed E-state index contributed by atoms with van der Waals surface area (Å²) in [6.45, 7) is 7.59. The average molecular weight is 255 g/mol. The van der Waals surface area contributed by atoms with Gasteiger partial charge in [0, 0.05) is 31.2 Å². The van der Waals surface area contributed by atoms with E-state index in [0.29, 0.717) is 29.7 Å². The molecule has 0 amide bonds. The second-order valence-electron chi connectivity index (χ2n) is 6.13. The summed E-state index contributed by atoms with van der Waals surface area (Å²) < 4.78 is 11.3. The highest BCUT2D eigenvalue weighted by molar-refractivity contribution is 5.06. The molecule has 5 unspecified atom stereocenters. The topological polar surface area (TPSA) is 30.5 Å². The second kappa shape index (κ2) is 5.89. The molecule has 0 aromatic carbocycles. The molecule has 0 aromatic heterocycles. The van der Waals surface area contributed by atoms with Crippen molar-refractivity contribution in [1.29, 1.82) is 0 Å². The fourth-order valence-corrected chi connectivity index (χ4v) is 3.60. The van der Waals surface area contributed by atoms with Crippen molar-refractivity contribution < 1.29 is 9.47 Å². The molecule has 2 fully saturated rings. The number of methoxy groups -OCH3 is 1. The molecule has 3 nitrogen and oxygen atoms in total. The fraction of sp³-hybridized carbons (Fsp3) is 1.00. The summed E-state index contributed by atoms with van der Waals surface area (Å²) in [6.07, 6.45) is 6.92. The van der Waals surface area contributed by atoms with E-state index in [1.54, 1.807) is 0 Å². The normalized spacial score (nSPS) is 44.0. The third kappa shape index (κ3) is 2.59. The van der Waals surface area contributed by atoms with E-state index < -0.39 is 0 Å². The van der Waals surface area contributed by atoms with Crippen LogP contribution < -0.4 is 5.32 Å². The van der Waals surface area contributed by atoms with Crippen LogP contribution in [-0.4, -0.2) is 38.0 Å². The molecule has 0 bridgehead atoms. The van der Waals surface area contributed by atoms with Gasteiger partial charge in [-0.05, 0) is 39.0 Å². The van der Waals surface area contributed by atoms with Gasteiger partial charge in [0.05, 0.1) is 12.2 Å². The van der Waals surface area contributed by atoms with Gasteiger partial charge in [0.25, 0.3) is 0 Å². The zero-order chi connectivity index (χ0) is 13.2. The van der Waals surface area contributed by atoms with E-state index in [4.69, 9.17) is 9.47 Å². The number of rotatable bonds is 6. The molecule has 3 heteroatoms. The van der Waals surface area contributed by atoms with Gasteiger partial charge in [0.1, 0.15) is 0 Å². The first kappa shape index (κ1) is 14.3. The van der Waals surface area contributed by atoms with Crippen LogP contribution in [0.5, 0.6) is 0 Å². The first-order chi connectivity index (χ1) is 8.63. The quantitative estimate of drug-likeness (QED) is 0.791. The molecule has 0 aromatic rings. The lowest BCUT2D eigenvalue weighted by molar-refractivity contribution is -0.128. The molecule has 106 valence electrons. The van der Waals surface area contributed by atoms with Crippen LogP contribution in [0.15, 0.2) is 0 Å². The Labute approximate surface area is 112 Å². The van der Waals surface area contributed by atoms with Crippen molar-refractivity contribution in [2.24, 2.45) is 5.41 Å². The lowest BCUT2D eigenvalue weighted by Crippen LogP contribution is -2.63. The van der Waals surface area contributed by atoms with Gasteiger partial charge in [-0.2, -0.15) is 0 Å². The van der Waals surface area contributed by atoms with Gasteiger partial charge in [-0.3, -0.25) is 0 Å². The van der Waals surface area contributed by atoms with Crippen LogP contribution in [-0.2, 0) is 9.47 Å². The average Bonchev–Trinajstić information content (AvgIpc) is 2.84. The maximum Gasteiger partial charge on any atom is 0.0658 e. The Bertz CT molecular complexity index is 271. The summed E-state index contributed by atoms with van der Waals surface area (Å²) in [5.74, 6) is 0. The number of hydrogen-bond acceptors (Lipinski definition) is 3. The molecule has 18 heavy (non-hydrogen) atoms. The minimum Gasteiger partial charge on any atom is -0.381 e. The van der Waals surface area contributed by atoms with Gasteiger partial charge in [0.2, 0.25) is 0 Å². The molecule has 2 aliphatic rings. The Balaban J connectivity index is 1.84. The minimum atomic E-state index is 0.321. The van der Waals surface area contributed by atoms with Crippen LogP contribution in [0, 0.1) is 5.41 Å². The summed E-state index contributed by atoms with van der Waals surface area (Å²) in [7, 11) is 1.83. The van der Waals surface area contributed by atoms with Gasteiger partial charge in [0.15, 0.2) is 0 Å². The maximum absolute atomic E-state index is 5.86. The van der Waals surface area contributed by atoms with Crippen LogP contribution in [0.2, 0.25) is 0 Å². The highest BCUT2D eigenvalue weighted by Crippen LogP contribution is 2.46. The molecule has 0 heterocycles. The zero-order valence-corrected chi connectivity index (χ0v) is 12.4. The third-order valence-electron chi connectivity index (χ3n) is 5.27. The molecular weight excluding hydrogens is 226 g/mol. The summed E-state index contributed by atoms with van der Waals surface area (Å²) in [5, 5.41) is 3.85. The van der Waals surface area contributed by atoms with Crippen molar-refractivity contribution in [2.45, 2.75) is 77.2 Å². The van der Waals surface area contributed by atoms with Crippen LogP contribution in [0.4, 0.5) is 0 Å². The fourth-order valence-electron chi connectivity index (χ4n) is 3.60. The number of ether oxygens (including phenoxy) is 2. The van der Waals surface area contributed by atoms with E-state index in [2.05, 4.69) is 26.1 Å². The van der Waals surface area contributed by atoms with E-state index in [0.717, 1.165) is 6.61 Å². The standard InChI is InChI=1S/C15H29NO2/c1-5-15(3)13(10-14(15)18-6-2)16-11-7-8-12(9-11)17-4/h11-14,16H,5-10H2,1-4H3. The van der Waals surface area contributed by atoms with Gasteiger partial charge < -0.3 is 14.8 Å². The first-order valence-corrected chi connectivity index (χ1v) is 7.54. The summed E-state index contributed by atoms with van der Waals surface area (Å²) in [4.78, 5) is 0. The highest BCUT2D eigenvalue weighted by atomic mass is 16.5. The highest BCUT2D eigenvalue weighted by Gasteiger charge is 2.51. The largest absolute Gasteiger partial charge is 0.381 e. The Hall–Kier alpha value is -0.120. The smallest absolute Gasteiger partial charge is 0.0658 e.